The lowest BCUT2D eigenvalue weighted by atomic mass is 9.77. The molecule has 0 aliphatic heterocycles. The fraction of sp³-hybridized carbons (Fsp3) is 0.217. The highest BCUT2D eigenvalue weighted by Gasteiger charge is 2.28. The Morgan fingerprint density at radius 2 is 1.50 bits per heavy atom. The maximum Gasteiger partial charge on any atom is 0.0832 e. The van der Waals surface area contributed by atoms with E-state index >= 15 is 0 Å². The maximum absolute atomic E-state index is 6.28. The van der Waals surface area contributed by atoms with Crippen LogP contribution in [0.1, 0.15) is 47.1 Å². The van der Waals surface area contributed by atoms with Crippen LogP contribution >= 0.6 is 23.2 Å². The molecule has 1 aliphatic carbocycles. The van der Waals surface area contributed by atoms with Crippen molar-refractivity contribution in [3.05, 3.63) is 105 Å². The molecular formula is C23H20Cl2O. The molecule has 26 heavy (non-hydrogen) atoms. The average Bonchev–Trinajstić information content (AvgIpc) is 2.69. The van der Waals surface area contributed by atoms with Crippen molar-refractivity contribution in [2.45, 2.75) is 31.5 Å². The van der Waals surface area contributed by atoms with Crippen LogP contribution in [0.25, 0.3) is 0 Å². The van der Waals surface area contributed by atoms with Gasteiger partial charge in [0.25, 0.3) is 0 Å². The maximum atomic E-state index is 6.28. The van der Waals surface area contributed by atoms with Gasteiger partial charge in [0.1, 0.15) is 0 Å². The quantitative estimate of drug-likeness (QED) is 0.464. The normalized spacial score (nSPS) is 19.2. The van der Waals surface area contributed by atoms with Crippen molar-refractivity contribution in [3.8, 4) is 0 Å². The third-order valence-corrected chi connectivity index (χ3v) is 5.81. The van der Waals surface area contributed by atoms with Crippen molar-refractivity contribution in [1.29, 1.82) is 0 Å². The molecule has 4 rings (SSSR count). The van der Waals surface area contributed by atoms with E-state index in [2.05, 4.69) is 42.5 Å². The molecule has 132 valence electrons. The van der Waals surface area contributed by atoms with Gasteiger partial charge < -0.3 is 4.74 Å². The zero-order valence-electron chi connectivity index (χ0n) is 14.4. The van der Waals surface area contributed by atoms with Crippen LogP contribution in [0.4, 0.5) is 0 Å². The molecule has 3 heteroatoms. The van der Waals surface area contributed by atoms with Gasteiger partial charge in [0.15, 0.2) is 0 Å². The lowest BCUT2D eigenvalue weighted by Gasteiger charge is -2.32. The fourth-order valence-corrected chi connectivity index (χ4v) is 4.08. The van der Waals surface area contributed by atoms with Gasteiger partial charge in [-0.1, -0.05) is 83.9 Å². The van der Waals surface area contributed by atoms with E-state index in [-0.39, 0.29) is 6.10 Å². The minimum absolute atomic E-state index is 0.130. The second kappa shape index (κ2) is 7.84. The second-order valence-corrected chi connectivity index (χ2v) is 7.53. The molecule has 0 heterocycles. The van der Waals surface area contributed by atoms with Crippen LogP contribution in [0.3, 0.4) is 0 Å². The zero-order chi connectivity index (χ0) is 17.9. The second-order valence-electron chi connectivity index (χ2n) is 6.72. The van der Waals surface area contributed by atoms with E-state index in [0.717, 1.165) is 12.8 Å². The van der Waals surface area contributed by atoms with E-state index in [4.69, 9.17) is 27.9 Å². The monoisotopic (exact) mass is 382 g/mol. The van der Waals surface area contributed by atoms with Crippen molar-refractivity contribution < 1.29 is 4.74 Å². The van der Waals surface area contributed by atoms with Crippen LogP contribution in [0, 0.1) is 0 Å². The van der Waals surface area contributed by atoms with Crippen LogP contribution in [0.15, 0.2) is 72.8 Å². The highest BCUT2D eigenvalue weighted by Crippen LogP contribution is 2.43. The SMILES string of the molecule is Clc1ccc([C@@H]2CC[C@H](OCc3ccccc3)c3ccccc32)cc1Cl. The van der Waals surface area contributed by atoms with E-state index < -0.39 is 0 Å². The Labute approximate surface area is 164 Å². The van der Waals surface area contributed by atoms with Gasteiger partial charge in [-0.2, -0.15) is 0 Å². The first-order chi connectivity index (χ1) is 12.7. The number of fused-ring (bicyclic) bond motifs is 1. The number of hydrogen-bond acceptors (Lipinski definition) is 1. The summed E-state index contributed by atoms with van der Waals surface area (Å²) in [5.74, 6) is 0.331. The summed E-state index contributed by atoms with van der Waals surface area (Å²) in [4.78, 5) is 0. The van der Waals surface area contributed by atoms with Gasteiger partial charge in [-0.15, -0.1) is 0 Å². The molecule has 0 unspecified atom stereocenters. The lowest BCUT2D eigenvalue weighted by molar-refractivity contribution is 0.0268. The molecule has 0 saturated carbocycles. The molecule has 0 amide bonds. The van der Waals surface area contributed by atoms with Crippen LogP contribution in [-0.4, -0.2) is 0 Å². The van der Waals surface area contributed by atoms with E-state index in [1.165, 1.54) is 22.3 Å². The molecule has 2 atom stereocenters. The van der Waals surface area contributed by atoms with Crippen LogP contribution in [0.2, 0.25) is 10.0 Å². The number of halogens is 2. The predicted octanol–water partition coefficient (Wildman–Crippen LogP) is 7.18. The molecule has 0 aromatic heterocycles. The average molecular weight is 383 g/mol. The van der Waals surface area contributed by atoms with Crippen LogP contribution in [0.5, 0.6) is 0 Å². The summed E-state index contributed by atoms with van der Waals surface area (Å²) in [6.45, 7) is 0.636. The highest BCUT2D eigenvalue weighted by molar-refractivity contribution is 6.42. The van der Waals surface area contributed by atoms with E-state index in [9.17, 15) is 0 Å². The van der Waals surface area contributed by atoms with Crippen molar-refractivity contribution in [2.75, 3.05) is 0 Å². The molecule has 1 nitrogen and oxygen atoms in total. The Hall–Kier alpha value is -1.80. The summed E-state index contributed by atoms with van der Waals surface area (Å²) < 4.78 is 6.28. The third-order valence-electron chi connectivity index (χ3n) is 5.08. The molecule has 0 radical (unpaired) electrons. The van der Waals surface area contributed by atoms with Gasteiger partial charge >= 0.3 is 0 Å². The summed E-state index contributed by atoms with van der Waals surface area (Å²) in [5, 5.41) is 1.22. The summed E-state index contributed by atoms with van der Waals surface area (Å²) in [7, 11) is 0. The molecular weight excluding hydrogens is 363 g/mol. The topological polar surface area (TPSA) is 9.23 Å². The lowest BCUT2D eigenvalue weighted by Crippen LogP contribution is -2.17. The first kappa shape index (κ1) is 17.6. The Kier molecular flexibility index (Phi) is 5.31. The Bertz CT molecular complexity index is 892. The minimum Gasteiger partial charge on any atom is -0.369 e. The molecule has 3 aromatic rings. The van der Waals surface area contributed by atoms with Gasteiger partial charge in [-0.3, -0.25) is 0 Å². The smallest absolute Gasteiger partial charge is 0.0832 e. The number of rotatable bonds is 4. The molecule has 3 aromatic carbocycles. The zero-order valence-corrected chi connectivity index (χ0v) is 15.9. The number of ether oxygens (including phenoxy) is 1. The summed E-state index contributed by atoms with van der Waals surface area (Å²) >= 11 is 12.3. The van der Waals surface area contributed by atoms with Gasteiger partial charge in [-0.05, 0) is 47.2 Å². The molecule has 0 fully saturated rings. The Balaban J connectivity index is 1.59. The molecule has 0 N–H and O–H groups in total. The van der Waals surface area contributed by atoms with E-state index in [0.29, 0.717) is 22.6 Å². The van der Waals surface area contributed by atoms with Crippen molar-refractivity contribution in [1.82, 2.24) is 0 Å². The van der Waals surface area contributed by atoms with Gasteiger partial charge in [0.05, 0.1) is 22.8 Å². The van der Waals surface area contributed by atoms with E-state index in [1.807, 2.05) is 30.3 Å². The molecule has 0 spiro atoms. The summed E-state index contributed by atoms with van der Waals surface area (Å²) in [5.41, 5.74) is 5.03. The predicted molar refractivity (Wildman–Crippen MR) is 108 cm³/mol. The van der Waals surface area contributed by atoms with Crippen LogP contribution < -0.4 is 0 Å². The molecule has 1 aliphatic rings. The van der Waals surface area contributed by atoms with Gasteiger partial charge in [0.2, 0.25) is 0 Å². The first-order valence-electron chi connectivity index (χ1n) is 8.91. The number of hydrogen-bond donors (Lipinski definition) is 0. The third kappa shape index (κ3) is 3.66. The van der Waals surface area contributed by atoms with Gasteiger partial charge in [0, 0.05) is 5.92 Å². The number of benzene rings is 3. The fourth-order valence-electron chi connectivity index (χ4n) is 3.77. The highest BCUT2D eigenvalue weighted by atomic mass is 35.5. The standard InChI is InChI=1S/C23H20Cl2O/c24-21-12-10-17(14-22(21)25)18-11-13-23(20-9-5-4-8-19(18)20)26-15-16-6-2-1-3-7-16/h1-10,12,14,18,23H,11,13,15H2/t18-,23-/m0/s1. The van der Waals surface area contributed by atoms with Crippen LogP contribution in [-0.2, 0) is 11.3 Å². The summed E-state index contributed by atoms with van der Waals surface area (Å²) in [6.07, 6.45) is 2.16. The largest absolute Gasteiger partial charge is 0.369 e. The van der Waals surface area contributed by atoms with Crippen molar-refractivity contribution in [2.24, 2.45) is 0 Å². The van der Waals surface area contributed by atoms with Gasteiger partial charge in [-0.25, -0.2) is 0 Å². The molecule has 0 saturated heterocycles. The summed E-state index contributed by atoms with van der Waals surface area (Å²) in [6, 6.07) is 24.9. The Morgan fingerprint density at radius 1 is 0.769 bits per heavy atom. The van der Waals surface area contributed by atoms with Crippen molar-refractivity contribution in [3.63, 3.8) is 0 Å². The van der Waals surface area contributed by atoms with E-state index in [1.54, 1.807) is 0 Å². The first-order valence-corrected chi connectivity index (χ1v) is 9.67. The minimum atomic E-state index is 0.130. The van der Waals surface area contributed by atoms with Crippen molar-refractivity contribution >= 4 is 23.2 Å². The molecule has 0 bridgehead atoms. The Morgan fingerprint density at radius 3 is 2.27 bits per heavy atom.